The van der Waals surface area contributed by atoms with Gasteiger partial charge in [-0.25, -0.2) is 0 Å². The second-order valence-electron chi connectivity index (χ2n) is 16.7. The molecule has 0 aliphatic rings. The van der Waals surface area contributed by atoms with E-state index < -0.39 is 6.10 Å². The van der Waals surface area contributed by atoms with Crippen molar-refractivity contribution in [2.24, 2.45) is 0 Å². The number of hydrogen-bond donors (Lipinski definition) is 0. The van der Waals surface area contributed by atoms with Crippen LogP contribution in [0.5, 0.6) is 0 Å². The molecule has 1 unspecified atom stereocenters. The number of unbranched alkanes of at least 4 members (excludes halogenated alkanes) is 22. The molecule has 0 saturated carbocycles. The monoisotopic (exact) mass is 851 g/mol. The first kappa shape index (κ1) is 57.9. The van der Waals surface area contributed by atoms with Crippen molar-refractivity contribution in [1.29, 1.82) is 0 Å². The topological polar surface area (TPSA) is 78.9 Å². The second kappa shape index (κ2) is 49.5. The molecule has 0 N–H and O–H groups in total. The highest BCUT2D eigenvalue weighted by atomic mass is 16.6. The summed E-state index contributed by atoms with van der Waals surface area (Å²) in [4.78, 5) is 37.8. The zero-order chi connectivity index (χ0) is 44.4. The first-order valence-corrected chi connectivity index (χ1v) is 25.4. The summed E-state index contributed by atoms with van der Waals surface area (Å²) in [7, 11) is 0. The molecule has 0 aromatic rings. The minimum absolute atomic E-state index is 0.110. The van der Waals surface area contributed by atoms with Crippen LogP contribution in [0.4, 0.5) is 0 Å². The van der Waals surface area contributed by atoms with Crippen molar-refractivity contribution in [3.05, 3.63) is 72.9 Å². The Labute approximate surface area is 376 Å². The predicted molar refractivity (Wildman–Crippen MR) is 261 cm³/mol. The number of allylic oxidation sites excluding steroid dienone is 12. The van der Waals surface area contributed by atoms with E-state index >= 15 is 0 Å². The molecule has 6 nitrogen and oxygen atoms in total. The first-order valence-electron chi connectivity index (χ1n) is 25.4. The van der Waals surface area contributed by atoms with E-state index in [4.69, 9.17) is 14.2 Å². The molecule has 0 rings (SSSR count). The quantitative estimate of drug-likeness (QED) is 0.0263. The molecule has 0 aliphatic carbocycles. The number of carbonyl (C=O) groups excluding carboxylic acids is 3. The van der Waals surface area contributed by atoms with Crippen LogP contribution in [-0.4, -0.2) is 37.2 Å². The van der Waals surface area contributed by atoms with E-state index in [1.165, 1.54) is 122 Å². The lowest BCUT2D eigenvalue weighted by atomic mass is 10.1. The fourth-order valence-electron chi connectivity index (χ4n) is 6.78. The molecule has 6 heteroatoms. The van der Waals surface area contributed by atoms with E-state index in [9.17, 15) is 14.4 Å². The van der Waals surface area contributed by atoms with E-state index in [-0.39, 0.29) is 37.5 Å². The van der Waals surface area contributed by atoms with Crippen LogP contribution in [0, 0.1) is 0 Å². The summed E-state index contributed by atoms with van der Waals surface area (Å²) in [5, 5.41) is 0. The number of esters is 3. The Bertz CT molecular complexity index is 1160. The summed E-state index contributed by atoms with van der Waals surface area (Å²) in [6.45, 7) is 6.49. The molecule has 61 heavy (non-hydrogen) atoms. The summed E-state index contributed by atoms with van der Waals surface area (Å²) in [5.41, 5.74) is 0. The number of carbonyl (C=O) groups is 3. The standard InChI is InChI=1S/C55H94O6/c1-4-7-10-13-16-19-21-23-25-27-29-31-33-36-39-42-45-48-54(57)60-51-52(50-59-53(56)47-44-41-38-35-18-15-12-9-6-3)61-55(58)49-46-43-40-37-34-32-30-28-26-24-22-20-17-14-11-8-5-2/h17,20,23-26,29,31,35-36,38-39,52H,4-16,18-19,21-22,27-28,30,32-34,37,40-51H2,1-3H3/b20-17-,25-23-,26-24-,31-29-,38-35-,39-36-. The minimum Gasteiger partial charge on any atom is -0.462 e. The third-order valence-corrected chi connectivity index (χ3v) is 10.7. The van der Waals surface area contributed by atoms with Crippen LogP contribution >= 0.6 is 0 Å². The molecule has 0 amide bonds. The molecule has 0 aliphatic heterocycles. The summed E-state index contributed by atoms with van der Waals surface area (Å²) < 4.78 is 16.7. The maximum atomic E-state index is 12.8. The van der Waals surface area contributed by atoms with Gasteiger partial charge in [0, 0.05) is 19.3 Å². The molecule has 350 valence electrons. The first-order chi connectivity index (χ1) is 30.0. The molecule has 0 aromatic heterocycles. The number of hydrogen-bond acceptors (Lipinski definition) is 6. The van der Waals surface area contributed by atoms with Crippen molar-refractivity contribution >= 4 is 17.9 Å². The molecular weight excluding hydrogens is 757 g/mol. The van der Waals surface area contributed by atoms with Gasteiger partial charge in [0.15, 0.2) is 6.10 Å². The van der Waals surface area contributed by atoms with Gasteiger partial charge < -0.3 is 14.2 Å². The van der Waals surface area contributed by atoms with Gasteiger partial charge in [-0.15, -0.1) is 0 Å². The summed E-state index contributed by atoms with van der Waals surface area (Å²) in [6, 6.07) is 0. The van der Waals surface area contributed by atoms with E-state index in [0.29, 0.717) is 25.7 Å². The Morgan fingerprint density at radius 2 is 0.607 bits per heavy atom. The molecule has 0 aromatic carbocycles. The second-order valence-corrected chi connectivity index (χ2v) is 16.7. The Morgan fingerprint density at radius 1 is 0.328 bits per heavy atom. The molecule has 0 fully saturated rings. The van der Waals surface area contributed by atoms with Crippen LogP contribution in [0.2, 0.25) is 0 Å². The molecule has 0 spiro atoms. The van der Waals surface area contributed by atoms with Crippen LogP contribution in [0.3, 0.4) is 0 Å². The number of ether oxygens (including phenoxy) is 3. The van der Waals surface area contributed by atoms with Crippen LogP contribution in [0.25, 0.3) is 0 Å². The third kappa shape index (κ3) is 47.7. The van der Waals surface area contributed by atoms with Gasteiger partial charge in [-0.1, -0.05) is 190 Å². The molecular formula is C55H94O6. The highest BCUT2D eigenvalue weighted by molar-refractivity contribution is 5.71. The Balaban J connectivity index is 4.44. The zero-order valence-corrected chi connectivity index (χ0v) is 39.9. The smallest absolute Gasteiger partial charge is 0.306 e. The fourth-order valence-corrected chi connectivity index (χ4v) is 6.78. The molecule has 0 saturated heterocycles. The van der Waals surface area contributed by atoms with Crippen LogP contribution < -0.4 is 0 Å². The fraction of sp³-hybridized carbons (Fsp3) is 0.727. The van der Waals surface area contributed by atoms with Crippen molar-refractivity contribution in [2.75, 3.05) is 13.2 Å². The van der Waals surface area contributed by atoms with Crippen molar-refractivity contribution in [3.63, 3.8) is 0 Å². The van der Waals surface area contributed by atoms with E-state index in [2.05, 4.69) is 93.7 Å². The maximum absolute atomic E-state index is 12.8. The Morgan fingerprint density at radius 3 is 1.03 bits per heavy atom. The van der Waals surface area contributed by atoms with Crippen LogP contribution in [-0.2, 0) is 28.6 Å². The van der Waals surface area contributed by atoms with Gasteiger partial charge in [0.25, 0.3) is 0 Å². The summed E-state index contributed by atoms with van der Waals surface area (Å²) >= 11 is 0. The van der Waals surface area contributed by atoms with Crippen LogP contribution in [0.15, 0.2) is 72.9 Å². The van der Waals surface area contributed by atoms with Crippen molar-refractivity contribution in [3.8, 4) is 0 Å². The SMILES string of the molecule is CCCCC/C=C\C/C=C\CCCCCCCCCC(=O)OC(COC(=O)CCC/C=C\C/C=C\C/C=C\CCCCCCCC)COC(=O)CCC/C=C\CCCCCC. The van der Waals surface area contributed by atoms with Gasteiger partial charge in [-0.05, 0) is 103 Å². The Kier molecular flexibility index (Phi) is 46.9. The lowest BCUT2D eigenvalue weighted by molar-refractivity contribution is -0.167. The number of rotatable bonds is 45. The highest BCUT2D eigenvalue weighted by Crippen LogP contribution is 2.13. The zero-order valence-electron chi connectivity index (χ0n) is 39.9. The van der Waals surface area contributed by atoms with Crippen molar-refractivity contribution in [2.45, 2.75) is 245 Å². The Hall–Kier alpha value is -3.15. The minimum atomic E-state index is -0.809. The normalized spacial score (nSPS) is 12.6. The van der Waals surface area contributed by atoms with Gasteiger partial charge in [0.1, 0.15) is 13.2 Å². The highest BCUT2D eigenvalue weighted by Gasteiger charge is 2.19. The lowest BCUT2D eigenvalue weighted by Crippen LogP contribution is -2.30. The van der Waals surface area contributed by atoms with E-state index in [1.54, 1.807) is 0 Å². The van der Waals surface area contributed by atoms with Gasteiger partial charge in [-0.2, -0.15) is 0 Å². The molecule has 0 heterocycles. The van der Waals surface area contributed by atoms with E-state index in [0.717, 1.165) is 64.2 Å². The van der Waals surface area contributed by atoms with Crippen LogP contribution in [0.1, 0.15) is 239 Å². The molecule has 0 bridgehead atoms. The maximum Gasteiger partial charge on any atom is 0.306 e. The van der Waals surface area contributed by atoms with Gasteiger partial charge >= 0.3 is 17.9 Å². The lowest BCUT2D eigenvalue weighted by Gasteiger charge is -2.18. The van der Waals surface area contributed by atoms with Crippen molar-refractivity contribution < 1.29 is 28.6 Å². The predicted octanol–water partition coefficient (Wildman–Crippen LogP) is 16.6. The van der Waals surface area contributed by atoms with Gasteiger partial charge in [-0.3, -0.25) is 14.4 Å². The van der Waals surface area contributed by atoms with Gasteiger partial charge in [0.2, 0.25) is 0 Å². The third-order valence-electron chi connectivity index (χ3n) is 10.7. The van der Waals surface area contributed by atoms with E-state index in [1.807, 2.05) is 0 Å². The molecule has 1 atom stereocenters. The largest absolute Gasteiger partial charge is 0.462 e. The summed E-state index contributed by atoms with van der Waals surface area (Å²) in [5.74, 6) is -1.00. The van der Waals surface area contributed by atoms with Gasteiger partial charge in [0.05, 0.1) is 0 Å². The molecule has 0 radical (unpaired) electrons. The average Bonchev–Trinajstić information content (AvgIpc) is 3.26. The average molecular weight is 851 g/mol. The summed E-state index contributed by atoms with van der Waals surface area (Å²) in [6.07, 6.45) is 61.9. The van der Waals surface area contributed by atoms with Crippen molar-refractivity contribution in [1.82, 2.24) is 0 Å².